The summed E-state index contributed by atoms with van der Waals surface area (Å²) in [6, 6.07) is 12.3. The first-order valence-corrected chi connectivity index (χ1v) is 9.90. The van der Waals surface area contributed by atoms with Crippen molar-refractivity contribution in [3.05, 3.63) is 53.1 Å². The Labute approximate surface area is 168 Å². The zero-order valence-electron chi connectivity index (χ0n) is 17.1. The van der Waals surface area contributed by atoms with E-state index in [9.17, 15) is 4.79 Å². The van der Waals surface area contributed by atoms with E-state index in [0.29, 0.717) is 31.1 Å². The molecule has 4 heteroatoms. The van der Waals surface area contributed by atoms with E-state index in [0.717, 1.165) is 42.4 Å². The lowest BCUT2D eigenvalue weighted by molar-refractivity contribution is -0.107. The van der Waals surface area contributed by atoms with E-state index in [1.165, 1.54) is 5.56 Å². The van der Waals surface area contributed by atoms with Crippen molar-refractivity contribution in [2.45, 2.75) is 39.5 Å². The molecule has 0 atom stereocenters. The summed E-state index contributed by atoms with van der Waals surface area (Å²) >= 11 is 0. The Bertz CT molecular complexity index is 780. The number of methoxy groups -OCH3 is 1. The Balaban J connectivity index is 2.23. The van der Waals surface area contributed by atoms with Gasteiger partial charge in [-0.25, -0.2) is 0 Å². The molecule has 0 saturated heterocycles. The molecule has 0 radical (unpaired) electrons. The van der Waals surface area contributed by atoms with Crippen molar-refractivity contribution in [2.24, 2.45) is 0 Å². The summed E-state index contributed by atoms with van der Waals surface area (Å²) < 4.78 is 17.0. The Morgan fingerprint density at radius 3 is 2.50 bits per heavy atom. The number of aldehydes is 1. The molecule has 28 heavy (non-hydrogen) atoms. The number of carbonyl (C=O) groups excluding carboxylic acids is 1. The van der Waals surface area contributed by atoms with Crippen LogP contribution in [0.25, 0.3) is 12.2 Å². The SMILES string of the molecule is CCOc1cc(C=Cc2cccc(CCCCC=O)c2)c(OC)c(OCC)c1. The molecule has 0 aliphatic carbocycles. The van der Waals surface area contributed by atoms with Crippen LogP contribution in [-0.2, 0) is 11.2 Å². The number of hydrogen-bond acceptors (Lipinski definition) is 4. The third-order valence-electron chi connectivity index (χ3n) is 4.32. The van der Waals surface area contributed by atoms with Gasteiger partial charge in [0, 0.05) is 18.1 Å². The molecule has 0 unspecified atom stereocenters. The molecule has 0 aliphatic rings. The predicted molar refractivity (Wildman–Crippen MR) is 114 cm³/mol. The molecule has 0 aromatic heterocycles. The second kappa shape index (κ2) is 11.9. The van der Waals surface area contributed by atoms with E-state index in [-0.39, 0.29) is 0 Å². The van der Waals surface area contributed by atoms with E-state index in [1.54, 1.807) is 7.11 Å². The van der Waals surface area contributed by atoms with Gasteiger partial charge in [-0.05, 0) is 50.3 Å². The molecule has 0 spiro atoms. The fourth-order valence-corrected chi connectivity index (χ4v) is 3.05. The molecule has 4 nitrogen and oxygen atoms in total. The molecule has 0 amide bonds. The van der Waals surface area contributed by atoms with Crippen LogP contribution in [0.3, 0.4) is 0 Å². The fraction of sp³-hybridized carbons (Fsp3) is 0.375. The highest BCUT2D eigenvalue weighted by atomic mass is 16.5. The zero-order chi connectivity index (χ0) is 20.2. The van der Waals surface area contributed by atoms with Crippen molar-refractivity contribution < 1.29 is 19.0 Å². The first-order chi connectivity index (χ1) is 13.7. The topological polar surface area (TPSA) is 44.8 Å². The van der Waals surface area contributed by atoms with Gasteiger partial charge in [-0.3, -0.25) is 0 Å². The number of rotatable bonds is 12. The molecular weight excluding hydrogens is 352 g/mol. The summed E-state index contributed by atoms with van der Waals surface area (Å²) in [6.07, 6.45) is 8.65. The van der Waals surface area contributed by atoms with Gasteiger partial charge in [0.2, 0.25) is 0 Å². The summed E-state index contributed by atoms with van der Waals surface area (Å²) in [5.41, 5.74) is 3.31. The van der Waals surface area contributed by atoms with Crippen LogP contribution in [0.4, 0.5) is 0 Å². The maximum absolute atomic E-state index is 10.4. The largest absolute Gasteiger partial charge is 0.494 e. The quantitative estimate of drug-likeness (QED) is 0.273. The van der Waals surface area contributed by atoms with Crippen LogP contribution in [0.15, 0.2) is 36.4 Å². The van der Waals surface area contributed by atoms with E-state index >= 15 is 0 Å². The normalized spacial score (nSPS) is 10.8. The van der Waals surface area contributed by atoms with Gasteiger partial charge in [-0.15, -0.1) is 0 Å². The number of benzene rings is 2. The lowest BCUT2D eigenvalue weighted by atomic mass is 10.0. The number of carbonyl (C=O) groups is 1. The lowest BCUT2D eigenvalue weighted by Crippen LogP contribution is -1.99. The smallest absolute Gasteiger partial charge is 0.168 e. The standard InChI is InChI=1S/C24H30O4/c1-4-27-22-17-21(24(26-3)23(18-22)28-5-2)14-13-20-12-9-11-19(16-20)10-7-6-8-15-25/h9,11-18H,4-8,10H2,1-3H3. The molecule has 150 valence electrons. The Morgan fingerprint density at radius 1 is 0.964 bits per heavy atom. The zero-order valence-corrected chi connectivity index (χ0v) is 17.1. The van der Waals surface area contributed by atoms with E-state index in [2.05, 4.69) is 30.3 Å². The van der Waals surface area contributed by atoms with Crippen LogP contribution < -0.4 is 14.2 Å². The van der Waals surface area contributed by atoms with Crippen molar-refractivity contribution >= 4 is 18.4 Å². The highest BCUT2D eigenvalue weighted by Gasteiger charge is 2.12. The van der Waals surface area contributed by atoms with Crippen molar-refractivity contribution in [1.82, 2.24) is 0 Å². The predicted octanol–water partition coefficient (Wildman–Crippen LogP) is 5.57. The highest BCUT2D eigenvalue weighted by molar-refractivity contribution is 5.75. The fourth-order valence-electron chi connectivity index (χ4n) is 3.05. The van der Waals surface area contributed by atoms with Crippen molar-refractivity contribution in [1.29, 1.82) is 0 Å². The van der Waals surface area contributed by atoms with Gasteiger partial charge in [0.15, 0.2) is 11.5 Å². The highest BCUT2D eigenvalue weighted by Crippen LogP contribution is 2.37. The summed E-state index contributed by atoms with van der Waals surface area (Å²) in [5, 5.41) is 0. The van der Waals surface area contributed by atoms with Crippen molar-refractivity contribution in [2.75, 3.05) is 20.3 Å². The van der Waals surface area contributed by atoms with Crippen LogP contribution in [0, 0.1) is 0 Å². The molecule has 0 saturated carbocycles. The number of unbranched alkanes of at least 4 members (excludes halogenated alkanes) is 2. The lowest BCUT2D eigenvalue weighted by Gasteiger charge is -2.14. The minimum atomic E-state index is 0.557. The molecule has 2 aromatic carbocycles. The second-order valence-corrected chi connectivity index (χ2v) is 6.40. The molecule has 0 N–H and O–H groups in total. The number of hydrogen-bond donors (Lipinski definition) is 0. The van der Waals surface area contributed by atoms with Gasteiger partial charge in [0.1, 0.15) is 12.0 Å². The monoisotopic (exact) mass is 382 g/mol. The third-order valence-corrected chi connectivity index (χ3v) is 4.32. The first kappa shape index (κ1) is 21.5. The number of aryl methyl sites for hydroxylation is 1. The molecule has 0 bridgehead atoms. The van der Waals surface area contributed by atoms with Gasteiger partial charge in [0.25, 0.3) is 0 Å². The average molecular weight is 383 g/mol. The first-order valence-electron chi connectivity index (χ1n) is 9.90. The third kappa shape index (κ3) is 6.45. The molecule has 2 aromatic rings. The van der Waals surface area contributed by atoms with Crippen LogP contribution >= 0.6 is 0 Å². The Hall–Kier alpha value is -2.75. The molecule has 0 heterocycles. The maximum atomic E-state index is 10.4. The Morgan fingerprint density at radius 2 is 1.79 bits per heavy atom. The van der Waals surface area contributed by atoms with Crippen LogP contribution in [-0.4, -0.2) is 26.6 Å². The molecule has 2 rings (SSSR count). The summed E-state index contributed by atoms with van der Waals surface area (Å²) in [5.74, 6) is 2.14. The van der Waals surface area contributed by atoms with Gasteiger partial charge < -0.3 is 19.0 Å². The molecule has 0 aliphatic heterocycles. The van der Waals surface area contributed by atoms with Gasteiger partial charge >= 0.3 is 0 Å². The van der Waals surface area contributed by atoms with Crippen LogP contribution in [0.5, 0.6) is 17.2 Å². The van der Waals surface area contributed by atoms with E-state index < -0.39 is 0 Å². The van der Waals surface area contributed by atoms with Crippen LogP contribution in [0.1, 0.15) is 49.8 Å². The minimum Gasteiger partial charge on any atom is -0.494 e. The van der Waals surface area contributed by atoms with E-state index in [4.69, 9.17) is 14.2 Å². The summed E-state index contributed by atoms with van der Waals surface area (Å²) in [7, 11) is 1.65. The molecular formula is C24H30O4. The second-order valence-electron chi connectivity index (χ2n) is 6.40. The van der Waals surface area contributed by atoms with Gasteiger partial charge in [-0.1, -0.05) is 36.4 Å². The Kier molecular flexibility index (Phi) is 9.13. The van der Waals surface area contributed by atoms with Gasteiger partial charge in [-0.2, -0.15) is 0 Å². The molecule has 0 fully saturated rings. The van der Waals surface area contributed by atoms with Crippen molar-refractivity contribution in [3.63, 3.8) is 0 Å². The van der Waals surface area contributed by atoms with Crippen LogP contribution in [0.2, 0.25) is 0 Å². The summed E-state index contributed by atoms with van der Waals surface area (Å²) in [4.78, 5) is 10.4. The minimum absolute atomic E-state index is 0.557. The van der Waals surface area contributed by atoms with Gasteiger partial charge in [0.05, 0.1) is 20.3 Å². The average Bonchev–Trinajstić information content (AvgIpc) is 2.70. The summed E-state index contributed by atoms with van der Waals surface area (Å²) in [6.45, 7) is 5.05. The maximum Gasteiger partial charge on any atom is 0.168 e. The number of ether oxygens (including phenoxy) is 3. The van der Waals surface area contributed by atoms with E-state index in [1.807, 2.05) is 32.1 Å². The van der Waals surface area contributed by atoms with Crippen molar-refractivity contribution in [3.8, 4) is 17.2 Å².